The van der Waals surface area contributed by atoms with E-state index >= 15 is 0 Å². The van der Waals surface area contributed by atoms with E-state index in [1.807, 2.05) is 21.0 Å². The zero-order valence-electron chi connectivity index (χ0n) is 39.0. The summed E-state index contributed by atoms with van der Waals surface area (Å²) < 4.78 is 9.10. The molecule has 11 nitrogen and oxygen atoms in total. The third-order valence-electron chi connectivity index (χ3n) is 12.7. The molecular weight excluding hydrogens is 934 g/mol. The zero-order chi connectivity index (χ0) is 48.9. The van der Waals surface area contributed by atoms with E-state index in [0.29, 0.717) is 71.6 Å². The van der Waals surface area contributed by atoms with Crippen molar-refractivity contribution in [1.29, 1.82) is 0 Å². The zero-order valence-corrected chi connectivity index (χ0v) is 42.0. The molecule has 0 radical (unpaired) electrons. The van der Waals surface area contributed by atoms with Gasteiger partial charge in [-0.2, -0.15) is 0 Å². The summed E-state index contributed by atoms with van der Waals surface area (Å²) in [5.74, 6) is -2.30. The summed E-state index contributed by atoms with van der Waals surface area (Å²) in [5, 5.41) is 25.6. The molecule has 15 heteroatoms. The number of nitrogens with zero attached hydrogens (tertiary/aromatic N) is 3. The molecule has 0 aliphatic carbocycles. The van der Waals surface area contributed by atoms with Gasteiger partial charge < -0.3 is 34.3 Å². The molecule has 3 N–H and O–H groups in total. The molecule has 2 saturated heterocycles. The van der Waals surface area contributed by atoms with E-state index in [9.17, 15) is 29.4 Å². The van der Waals surface area contributed by atoms with Gasteiger partial charge in [-0.15, -0.1) is 0 Å². The normalized spacial score (nSPS) is 14.3. The van der Waals surface area contributed by atoms with Gasteiger partial charge in [-0.1, -0.05) is 58.5 Å². The Labute approximate surface area is 411 Å². The number of rotatable bonds is 9. The van der Waals surface area contributed by atoms with Crippen molar-refractivity contribution in [2.45, 2.75) is 73.1 Å². The summed E-state index contributed by atoms with van der Waals surface area (Å²) in [4.78, 5) is 48.5. The highest BCUT2D eigenvalue weighted by Gasteiger charge is 2.29. The van der Waals surface area contributed by atoms with Gasteiger partial charge in [0.05, 0.1) is 39.6 Å². The first-order chi connectivity index (χ1) is 31.8. The van der Waals surface area contributed by atoms with Crippen LogP contribution in [-0.4, -0.2) is 80.8 Å². The van der Waals surface area contributed by atoms with Crippen molar-refractivity contribution < 1.29 is 34.1 Å². The summed E-state index contributed by atoms with van der Waals surface area (Å²) in [6.45, 7) is 13.4. The lowest BCUT2D eigenvalue weighted by atomic mass is 9.96. The molecule has 0 spiro atoms. The van der Waals surface area contributed by atoms with Crippen molar-refractivity contribution in [3.05, 3.63) is 137 Å². The molecule has 2 aliphatic heterocycles. The maximum Gasteiger partial charge on any atom is 0.337 e. The number of ether oxygens (including phenoxy) is 1. The Balaban J connectivity index is 0.000000185. The van der Waals surface area contributed by atoms with Crippen LogP contribution in [0.4, 0.5) is 0 Å². The van der Waals surface area contributed by atoms with Gasteiger partial charge in [-0.05, 0) is 154 Å². The summed E-state index contributed by atoms with van der Waals surface area (Å²) >= 11 is 25.9. The number of nitrogens with one attached hydrogen (secondary N) is 1. The predicted molar refractivity (Wildman–Crippen MR) is 269 cm³/mol. The van der Waals surface area contributed by atoms with Gasteiger partial charge in [0.2, 0.25) is 0 Å². The summed E-state index contributed by atoms with van der Waals surface area (Å²) in [7, 11) is 4.02. The molecule has 6 aromatic rings. The smallest absolute Gasteiger partial charge is 0.337 e. The Hall–Kier alpha value is -5.04. The largest absolute Gasteiger partial charge is 0.481 e. The number of aliphatic carboxylic acids is 1. The van der Waals surface area contributed by atoms with E-state index in [4.69, 9.17) is 51.1 Å². The van der Waals surface area contributed by atoms with Crippen LogP contribution < -0.4 is 5.32 Å². The first kappa shape index (κ1) is 51.4. The lowest BCUT2D eigenvalue weighted by molar-refractivity contribution is -0.149. The van der Waals surface area contributed by atoms with Gasteiger partial charge in [0.15, 0.2) is 0 Å². The Morgan fingerprint density at radius 2 is 1.13 bits per heavy atom. The average molecular weight is 993 g/mol. The van der Waals surface area contributed by atoms with E-state index in [1.54, 1.807) is 23.1 Å². The highest BCUT2D eigenvalue weighted by Crippen LogP contribution is 2.37. The molecule has 0 saturated carbocycles. The van der Waals surface area contributed by atoms with Crippen LogP contribution in [0.3, 0.4) is 0 Å². The van der Waals surface area contributed by atoms with Crippen molar-refractivity contribution in [1.82, 2.24) is 19.4 Å². The second-order valence-corrected chi connectivity index (χ2v) is 19.2. The van der Waals surface area contributed by atoms with Gasteiger partial charge in [0.1, 0.15) is 0 Å². The molecule has 0 atom stereocenters. The quantitative estimate of drug-likeness (QED) is 0.122. The van der Waals surface area contributed by atoms with Crippen LogP contribution in [-0.2, 0) is 41.3 Å². The van der Waals surface area contributed by atoms with E-state index in [0.717, 1.165) is 59.0 Å². The number of benzene rings is 4. The topological polar surface area (TPSA) is 143 Å². The second kappa shape index (κ2) is 22.4. The van der Waals surface area contributed by atoms with Crippen molar-refractivity contribution in [3.8, 4) is 0 Å². The molecule has 4 heterocycles. The third-order valence-corrected chi connectivity index (χ3v) is 14.2. The number of hydrogen-bond donors (Lipinski definition) is 3. The fourth-order valence-electron chi connectivity index (χ4n) is 9.33. The number of aromatic nitrogens is 2. The molecule has 0 unspecified atom stereocenters. The maximum atomic E-state index is 13.2. The van der Waals surface area contributed by atoms with Crippen molar-refractivity contribution in [2.75, 3.05) is 32.8 Å². The molecule has 1 amide bonds. The molecule has 356 valence electrons. The Bertz CT molecular complexity index is 2840. The fraction of sp³-hybridized carbons (Fsp3) is 0.385. The summed E-state index contributed by atoms with van der Waals surface area (Å²) in [6, 6.07) is 15.0. The SMILES string of the molecule is CCOC(=O)C1CCNCC1.Cc1cc(C)c2c(Cc3c(Cl)ccc(C(=O)N4CCC(C(=O)O)CC4)c3Cl)cn(C)c2c1.Cc1cc(C)c2c(Cc3c(Cl)ccc(C(=O)O)c3Cl)cn(C)c2c1. The first-order valence-electron chi connectivity index (χ1n) is 22.5. The lowest BCUT2D eigenvalue weighted by Crippen LogP contribution is -2.40. The highest BCUT2D eigenvalue weighted by atomic mass is 35.5. The van der Waals surface area contributed by atoms with E-state index in [-0.39, 0.29) is 28.4 Å². The van der Waals surface area contributed by atoms with Gasteiger partial charge in [0, 0.05) is 84.3 Å². The number of hydrogen-bond acceptors (Lipinski definition) is 6. The monoisotopic (exact) mass is 990 g/mol. The number of carbonyl (C=O) groups excluding carboxylic acids is 2. The van der Waals surface area contributed by atoms with Crippen molar-refractivity contribution in [3.63, 3.8) is 0 Å². The molecule has 67 heavy (non-hydrogen) atoms. The lowest BCUT2D eigenvalue weighted by Gasteiger charge is -2.30. The van der Waals surface area contributed by atoms with E-state index in [1.165, 1.54) is 33.7 Å². The maximum absolute atomic E-state index is 13.2. The number of esters is 1. The number of carbonyl (C=O) groups is 4. The molecule has 8 rings (SSSR count). The van der Waals surface area contributed by atoms with Gasteiger partial charge in [-0.25, -0.2) is 4.79 Å². The number of aromatic carboxylic acids is 1. The van der Waals surface area contributed by atoms with E-state index < -0.39 is 17.9 Å². The molecule has 2 fully saturated rings. The number of carboxylic acids is 2. The van der Waals surface area contributed by atoms with Crippen LogP contribution >= 0.6 is 46.4 Å². The van der Waals surface area contributed by atoms with Crippen LogP contribution in [0.15, 0.2) is 60.9 Å². The van der Waals surface area contributed by atoms with Crippen LogP contribution in [0.1, 0.15) is 97.8 Å². The third kappa shape index (κ3) is 11.8. The highest BCUT2D eigenvalue weighted by molar-refractivity contribution is 6.38. The summed E-state index contributed by atoms with van der Waals surface area (Å²) in [6.07, 6.45) is 7.91. The van der Waals surface area contributed by atoms with Crippen molar-refractivity contribution >= 4 is 92.0 Å². The van der Waals surface area contributed by atoms with Gasteiger partial charge >= 0.3 is 17.9 Å². The van der Waals surface area contributed by atoms with Crippen LogP contribution in [0, 0.1) is 39.5 Å². The van der Waals surface area contributed by atoms with E-state index in [2.05, 4.69) is 78.8 Å². The number of fused-ring (bicyclic) bond motifs is 2. The number of aryl methyl sites for hydroxylation is 6. The van der Waals surface area contributed by atoms with Crippen LogP contribution in [0.25, 0.3) is 21.8 Å². The Morgan fingerprint density at radius 1 is 0.672 bits per heavy atom. The Morgan fingerprint density at radius 3 is 1.58 bits per heavy atom. The number of piperidine rings is 2. The average Bonchev–Trinajstić information content (AvgIpc) is 3.78. The minimum absolute atomic E-state index is 0.0194. The second-order valence-electron chi connectivity index (χ2n) is 17.6. The van der Waals surface area contributed by atoms with Crippen LogP contribution in [0.5, 0.6) is 0 Å². The predicted octanol–water partition coefficient (Wildman–Crippen LogP) is 11.6. The number of likely N-dealkylation sites (tertiary alicyclic amines) is 1. The molecular formula is C52H58Cl4N4O7. The Kier molecular flexibility index (Phi) is 17.2. The van der Waals surface area contributed by atoms with Crippen molar-refractivity contribution in [2.24, 2.45) is 25.9 Å². The van der Waals surface area contributed by atoms with Crippen LogP contribution in [0.2, 0.25) is 20.1 Å². The first-order valence-corrected chi connectivity index (χ1v) is 24.0. The number of amides is 1. The molecule has 2 aliphatic rings. The summed E-state index contributed by atoms with van der Waals surface area (Å²) in [5.41, 5.74) is 11.1. The van der Waals surface area contributed by atoms with Gasteiger partial charge in [-0.3, -0.25) is 14.4 Å². The number of carboxylic acid groups (broad SMARTS) is 2. The van der Waals surface area contributed by atoms with Gasteiger partial charge in [0.25, 0.3) is 5.91 Å². The minimum atomic E-state index is -1.05. The minimum Gasteiger partial charge on any atom is -0.481 e. The fourth-order valence-corrected chi connectivity index (χ4v) is 10.5. The number of halogens is 4. The molecule has 0 bridgehead atoms. The molecule has 4 aromatic carbocycles. The standard InChI is InChI=1S/C25H26Cl2N2O3.C19H17Cl2NO2.C8H15NO2/c1-14-10-15(2)22-17(13-28(3)21(22)11-14)12-19-20(26)5-4-18(23(19)27)24(30)29-8-6-16(7-9-29)25(31)32;1-10-6-11(2)17-12(9-22(3)16(17)7-10)8-14-15(20)5-4-13(18(14)21)19(23)24;1-2-11-8(10)7-3-5-9-6-4-7/h4-5,10-11,13,16H,6-9,12H2,1-3H3,(H,31,32);4-7,9H,8H2,1-3H3,(H,23,24);7,9H,2-6H2,1H3. The molecule has 2 aromatic heterocycles.